The van der Waals surface area contributed by atoms with Gasteiger partial charge in [-0.2, -0.15) is 0 Å². The highest BCUT2D eigenvalue weighted by atomic mass is 16.5. The molecule has 2 N–H and O–H groups in total. The van der Waals surface area contributed by atoms with Crippen molar-refractivity contribution < 1.29 is 14.3 Å². The maximum Gasteiger partial charge on any atom is 0.255 e. The second-order valence-electron chi connectivity index (χ2n) is 6.18. The molecule has 130 valence electrons. The summed E-state index contributed by atoms with van der Waals surface area (Å²) in [5.41, 5.74) is 1.98. The summed E-state index contributed by atoms with van der Waals surface area (Å²) < 4.78 is 5.53. The summed E-state index contributed by atoms with van der Waals surface area (Å²) >= 11 is 0. The van der Waals surface area contributed by atoms with Gasteiger partial charge in [0.15, 0.2) is 0 Å². The van der Waals surface area contributed by atoms with Crippen LogP contribution in [0, 0.1) is 0 Å². The first-order chi connectivity index (χ1) is 12.7. The van der Waals surface area contributed by atoms with Gasteiger partial charge in [-0.1, -0.05) is 42.5 Å². The molecule has 1 aliphatic rings. The van der Waals surface area contributed by atoms with E-state index in [1.807, 2.05) is 42.5 Å². The lowest BCUT2D eigenvalue weighted by Gasteiger charge is -2.10. The minimum absolute atomic E-state index is 0.128. The van der Waals surface area contributed by atoms with Crippen molar-refractivity contribution >= 4 is 28.3 Å². The number of carbonyl (C=O) groups excluding carboxylic acids is 2. The number of ether oxygens (including phenoxy) is 1. The van der Waals surface area contributed by atoms with Crippen molar-refractivity contribution in [2.75, 3.05) is 18.5 Å². The van der Waals surface area contributed by atoms with Crippen LogP contribution in [0.25, 0.3) is 10.8 Å². The minimum atomic E-state index is -0.192. The average Bonchev–Trinajstić information content (AvgIpc) is 2.84. The van der Waals surface area contributed by atoms with Crippen LogP contribution in [0.3, 0.4) is 0 Å². The molecule has 3 aromatic carbocycles. The van der Waals surface area contributed by atoms with Crippen molar-refractivity contribution in [2.24, 2.45) is 0 Å². The van der Waals surface area contributed by atoms with E-state index in [0.29, 0.717) is 30.2 Å². The van der Waals surface area contributed by atoms with E-state index in [1.54, 1.807) is 18.2 Å². The van der Waals surface area contributed by atoms with Gasteiger partial charge in [-0.25, -0.2) is 0 Å². The number of amides is 2. The SMILES string of the molecule is O=C(Cc1cccc2ccccc12)Nc1ccc2c(c1)C(=O)NCCO2. The zero-order valence-corrected chi connectivity index (χ0v) is 14.1. The molecule has 2 amide bonds. The second kappa shape index (κ2) is 6.88. The third-order valence-electron chi connectivity index (χ3n) is 4.38. The van der Waals surface area contributed by atoms with E-state index in [-0.39, 0.29) is 18.2 Å². The lowest BCUT2D eigenvalue weighted by atomic mass is 10.0. The predicted molar refractivity (Wildman–Crippen MR) is 101 cm³/mol. The molecule has 0 spiro atoms. The largest absolute Gasteiger partial charge is 0.491 e. The molecule has 0 aromatic heterocycles. The standard InChI is InChI=1S/C21H18N2O3/c24-20(12-15-6-3-5-14-4-1-2-7-17(14)15)23-16-8-9-19-18(13-16)21(25)22-10-11-26-19/h1-9,13H,10-12H2,(H,22,25)(H,23,24). The van der Waals surface area contributed by atoms with Crippen LogP contribution in [0.2, 0.25) is 0 Å². The van der Waals surface area contributed by atoms with Crippen molar-refractivity contribution in [1.29, 1.82) is 0 Å². The van der Waals surface area contributed by atoms with Gasteiger partial charge in [0.1, 0.15) is 12.4 Å². The predicted octanol–water partition coefficient (Wildman–Crippen LogP) is 3.14. The Bertz CT molecular complexity index is 992. The Hall–Kier alpha value is -3.34. The number of benzene rings is 3. The maximum absolute atomic E-state index is 12.5. The summed E-state index contributed by atoms with van der Waals surface area (Å²) in [5.74, 6) is 0.214. The van der Waals surface area contributed by atoms with Gasteiger partial charge in [0.05, 0.1) is 18.5 Å². The van der Waals surface area contributed by atoms with E-state index in [2.05, 4.69) is 10.6 Å². The first-order valence-electron chi connectivity index (χ1n) is 8.52. The van der Waals surface area contributed by atoms with Crippen molar-refractivity contribution in [3.63, 3.8) is 0 Å². The van der Waals surface area contributed by atoms with E-state index in [0.717, 1.165) is 16.3 Å². The fourth-order valence-corrected chi connectivity index (χ4v) is 3.16. The van der Waals surface area contributed by atoms with Gasteiger partial charge in [-0.3, -0.25) is 9.59 Å². The number of carbonyl (C=O) groups is 2. The molecule has 0 saturated heterocycles. The number of hydrogen-bond donors (Lipinski definition) is 2. The quantitative estimate of drug-likeness (QED) is 0.766. The van der Waals surface area contributed by atoms with Crippen LogP contribution in [0.1, 0.15) is 15.9 Å². The average molecular weight is 346 g/mol. The molecule has 0 saturated carbocycles. The van der Waals surface area contributed by atoms with Crippen LogP contribution in [0.5, 0.6) is 5.75 Å². The normalized spacial score (nSPS) is 13.3. The molecule has 26 heavy (non-hydrogen) atoms. The van der Waals surface area contributed by atoms with Crippen LogP contribution in [-0.2, 0) is 11.2 Å². The molecule has 0 aliphatic carbocycles. The highest BCUT2D eigenvalue weighted by Gasteiger charge is 2.17. The minimum Gasteiger partial charge on any atom is -0.491 e. The number of fused-ring (bicyclic) bond motifs is 2. The van der Waals surface area contributed by atoms with Crippen LogP contribution in [0.15, 0.2) is 60.7 Å². The maximum atomic E-state index is 12.5. The molecule has 0 atom stereocenters. The molecule has 0 radical (unpaired) electrons. The number of nitrogens with one attached hydrogen (secondary N) is 2. The van der Waals surface area contributed by atoms with Crippen molar-refractivity contribution in [1.82, 2.24) is 5.32 Å². The smallest absolute Gasteiger partial charge is 0.255 e. The van der Waals surface area contributed by atoms with Gasteiger partial charge in [0.25, 0.3) is 5.91 Å². The summed E-state index contributed by atoms with van der Waals surface area (Å²) in [7, 11) is 0. The molecule has 1 aliphatic heterocycles. The van der Waals surface area contributed by atoms with Gasteiger partial charge in [0, 0.05) is 5.69 Å². The molecule has 4 rings (SSSR count). The van der Waals surface area contributed by atoms with Crippen LogP contribution in [0.4, 0.5) is 5.69 Å². The Morgan fingerprint density at radius 1 is 1.08 bits per heavy atom. The second-order valence-corrected chi connectivity index (χ2v) is 6.18. The van der Waals surface area contributed by atoms with Crippen molar-refractivity contribution in [3.05, 3.63) is 71.8 Å². The summed E-state index contributed by atoms with van der Waals surface area (Å²) in [4.78, 5) is 24.6. The number of rotatable bonds is 3. The zero-order chi connectivity index (χ0) is 17.9. The summed E-state index contributed by atoms with van der Waals surface area (Å²) in [6, 6.07) is 19.0. The van der Waals surface area contributed by atoms with E-state index in [1.165, 1.54) is 0 Å². The Labute approximate surface area is 151 Å². The summed E-state index contributed by atoms with van der Waals surface area (Å²) in [6.45, 7) is 0.905. The van der Waals surface area contributed by atoms with Gasteiger partial charge in [-0.15, -0.1) is 0 Å². The molecule has 5 nitrogen and oxygen atoms in total. The molecule has 1 heterocycles. The molecule has 5 heteroatoms. The lowest BCUT2D eigenvalue weighted by Crippen LogP contribution is -2.24. The fraction of sp³-hybridized carbons (Fsp3) is 0.143. The van der Waals surface area contributed by atoms with E-state index < -0.39 is 0 Å². The number of anilines is 1. The molecule has 0 fully saturated rings. The van der Waals surface area contributed by atoms with Gasteiger partial charge in [0.2, 0.25) is 5.91 Å². The summed E-state index contributed by atoms with van der Waals surface area (Å²) in [5, 5.41) is 7.81. The van der Waals surface area contributed by atoms with Gasteiger partial charge >= 0.3 is 0 Å². The van der Waals surface area contributed by atoms with Crippen LogP contribution in [-0.4, -0.2) is 25.0 Å². The van der Waals surface area contributed by atoms with E-state index in [9.17, 15) is 9.59 Å². The molecule has 3 aromatic rings. The topological polar surface area (TPSA) is 67.4 Å². The van der Waals surface area contributed by atoms with Crippen molar-refractivity contribution in [3.8, 4) is 5.75 Å². The molecule has 0 unspecified atom stereocenters. The highest BCUT2D eigenvalue weighted by molar-refractivity contribution is 6.00. The van der Waals surface area contributed by atoms with Crippen LogP contribution >= 0.6 is 0 Å². The molecular formula is C21H18N2O3. The highest BCUT2D eigenvalue weighted by Crippen LogP contribution is 2.25. The Kier molecular flexibility index (Phi) is 4.27. The van der Waals surface area contributed by atoms with E-state index in [4.69, 9.17) is 4.74 Å². The lowest BCUT2D eigenvalue weighted by molar-refractivity contribution is -0.115. The number of hydrogen-bond acceptors (Lipinski definition) is 3. The Morgan fingerprint density at radius 3 is 2.85 bits per heavy atom. The molecule has 0 bridgehead atoms. The van der Waals surface area contributed by atoms with E-state index >= 15 is 0 Å². The van der Waals surface area contributed by atoms with Gasteiger partial charge < -0.3 is 15.4 Å². The van der Waals surface area contributed by atoms with Crippen LogP contribution < -0.4 is 15.4 Å². The zero-order valence-electron chi connectivity index (χ0n) is 14.1. The molecular weight excluding hydrogens is 328 g/mol. The van der Waals surface area contributed by atoms with Gasteiger partial charge in [-0.05, 0) is 34.5 Å². The van der Waals surface area contributed by atoms with Crippen molar-refractivity contribution in [2.45, 2.75) is 6.42 Å². The first kappa shape index (κ1) is 16.1. The summed E-state index contributed by atoms with van der Waals surface area (Å²) in [6.07, 6.45) is 0.265. The monoisotopic (exact) mass is 346 g/mol. The first-order valence-corrected chi connectivity index (χ1v) is 8.52. The third kappa shape index (κ3) is 3.24. The fourth-order valence-electron chi connectivity index (χ4n) is 3.16. The Morgan fingerprint density at radius 2 is 1.92 bits per heavy atom. The Balaban J connectivity index is 1.54. The third-order valence-corrected chi connectivity index (χ3v) is 4.38.